The molecule has 0 spiro atoms. The van der Waals surface area contributed by atoms with Crippen LogP contribution >= 0.6 is 0 Å². The van der Waals surface area contributed by atoms with Gasteiger partial charge in [-0.3, -0.25) is 0 Å². The van der Waals surface area contributed by atoms with E-state index in [-0.39, 0.29) is 0 Å². The Balaban J connectivity index is 3.95. The molecule has 0 fully saturated rings. The summed E-state index contributed by atoms with van der Waals surface area (Å²) in [6, 6.07) is 0. The molecule has 142 valence electrons. The zero-order valence-corrected chi connectivity index (χ0v) is 16.4. The molecule has 0 aromatic carbocycles. The maximum absolute atomic E-state index is 3.61. The van der Waals surface area contributed by atoms with Crippen molar-refractivity contribution >= 4 is 0 Å². The van der Waals surface area contributed by atoms with Gasteiger partial charge < -0.3 is 0 Å². The second-order valence-electron chi connectivity index (χ2n) is 5.09. The minimum absolute atomic E-state index is 1.75. The molecule has 0 bridgehead atoms. The van der Waals surface area contributed by atoms with E-state index in [1.807, 2.05) is 146 Å². The van der Waals surface area contributed by atoms with Crippen LogP contribution in [0.3, 0.4) is 0 Å². The molecule has 0 heterocycles. The predicted octanol–water partition coefficient (Wildman–Crippen LogP) is 8.03. The highest BCUT2D eigenvalue weighted by molar-refractivity contribution is 5.23. The molecule has 0 heteroatoms. The quantitative estimate of drug-likeness (QED) is 0.289. The fourth-order valence-electron chi connectivity index (χ4n) is 1.57. The Labute approximate surface area is 171 Å². The molecule has 0 amide bonds. The van der Waals surface area contributed by atoms with E-state index in [2.05, 4.69) is 13.2 Å². The highest BCUT2D eigenvalue weighted by atomic mass is 13.7. The van der Waals surface area contributed by atoms with Crippen LogP contribution in [0, 0.1) is 0 Å². The summed E-state index contributed by atoms with van der Waals surface area (Å²) in [5.41, 5.74) is 0. The molecule has 0 aliphatic carbocycles. The van der Waals surface area contributed by atoms with E-state index < -0.39 is 0 Å². The first-order chi connectivity index (χ1) is 13.9. The lowest BCUT2D eigenvalue weighted by Gasteiger charge is -1.76. The molecule has 0 saturated carbocycles. The van der Waals surface area contributed by atoms with Gasteiger partial charge in [0.05, 0.1) is 0 Å². The van der Waals surface area contributed by atoms with Crippen LogP contribution in [0.25, 0.3) is 0 Å². The van der Waals surface area contributed by atoms with Crippen molar-refractivity contribution in [3.05, 3.63) is 171 Å². The van der Waals surface area contributed by atoms with E-state index in [1.54, 1.807) is 12.2 Å². The van der Waals surface area contributed by atoms with Crippen molar-refractivity contribution in [2.75, 3.05) is 0 Å². The molecule has 0 nitrogen and oxygen atoms in total. The Bertz CT molecular complexity index is 680. The summed E-state index contributed by atoms with van der Waals surface area (Å²) >= 11 is 0. The third-order valence-corrected chi connectivity index (χ3v) is 2.83. The second-order valence-corrected chi connectivity index (χ2v) is 5.09. The van der Waals surface area contributed by atoms with E-state index in [0.29, 0.717) is 0 Å². The van der Waals surface area contributed by atoms with E-state index in [9.17, 15) is 0 Å². The van der Waals surface area contributed by atoms with Crippen LogP contribution < -0.4 is 0 Å². The van der Waals surface area contributed by atoms with Crippen LogP contribution in [0.5, 0.6) is 0 Å². The first kappa shape index (κ1) is 24.4. The van der Waals surface area contributed by atoms with Crippen molar-refractivity contribution in [1.29, 1.82) is 0 Å². The van der Waals surface area contributed by atoms with Crippen LogP contribution in [0.2, 0.25) is 0 Å². The molecule has 0 radical (unpaired) electrons. The molecule has 0 N–H and O–H groups in total. The zero-order valence-electron chi connectivity index (χ0n) is 16.4. The number of rotatable bonds is 13. The summed E-state index contributed by atoms with van der Waals surface area (Å²) in [5, 5.41) is 0. The topological polar surface area (TPSA) is 0 Å². The highest BCUT2D eigenvalue weighted by Gasteiger charge is 1.66. The SMILES string of the molecule is C=CC=CC=CC=CC=CC=CC=CC=CC=CC=CC=CC=CC=CC=C. The first-order valence-electron chi connectivity index (χ1n) is 9.15. The fraction of sp³-hybridized carbons (Fsp3) is 0. The van der Waals surface area contributed by atoms with Crippen LogP contribution in [-0.2, 0) is 0 Å². The van der Waals surface area contributed by atoms with E-state index in [1.165, 1.54) is 0 Å². The number of hydrogen-bond acceptors (Lipinski definition) is 0. The molecular formula is C28H30. The minimum Gasteiger partial charge on any atom is -0.0991 e. The Morgan fingerprint density at radius 3 is 0.393 bits per heavy atom. The van der Waals surface area contributed by atoms with Gasteiger partial charge in [-0.25, -0.2) is 0 Å². The molecule has 0 aromatic heterocycles. The molecule has 0 unspecified atom stereocenters. The van der Waals surface area contributed by atoms with Gasteiger partial charge in [-0.1, -0.05) is 171 Å². The lowest BCUT2D eigenvalue weighted by atomic mass is 10.3. The summed E-state index contributed by atoms with van der Waals surface area (Å²) < 4.78 is 0. The van der Waals surface area contributed by atoms with E-state index >= 15 is 0 Å². The largest absolute Gasteiger partial charge is 0.0991 e. The molecule has 0 aliphatic heterocycles. The van der Waals surface area contributed by atoms with Gasteiger partial charge in [-0.15, -0.1) is 0 Å². The standard InChI is InChI=1S/C28H30/c1-3-5-7-9-11-13-15-17-19-21-23-25-27-28-26-24-22-20-18-16-14-12-10-8-6-4-2/h3-28H,1-2H2. The Morgan fingerprint density at radius 1 is 0.179 bits per heavy atom. The van der Waals surface area contributed by atoms with Gasteiger partial charge in [-0.2, -0.15) is 0 Å². The Hall–Kier alpha value is -3.64. The summed E-state index contributed by atoms with van der Waals surface area (Å²) in [7, 11) is 0. The van der Waals surface area contributed by atoms with Crippen LogP contribution in [-0.4, -0.2) is 0 Å². The summed E-state index contributed by atoms with van der Waals surface area (Å²) in [4.78, 5) is 0. The van der Waals surface area contributed by atoms with Crippen LogP contribution in [0.1, 0.15) is 0 Å². The van der Waals surface area contributed by atoms with Crippen molar-refractivity contribution in [2.24, 2.45) is 0 Å². The summed E-state index contributed by atoms with van der Waals surface area (Å²) in [6.45, 7) is 7.22. The van der Waals surface area contributed by atoms with Gasteiger partial charge in [0, 0.05) is 0 Å². The Morgan fingerprint density at radius 2 is 0.286 bits per heavy atom. The van der Waals surface area contributed by atoms with Crippen molar-refractivity contribution in [1.82, 2.24) is 0 Å². The molecule has 0 aliphatic rings. The van der Waals surface area contributed by atoms with Gasteiger partial charge in [0.1, 0.15) is 0 Å². The average molecular weight is 367 g/mol. The van der Waals surface area contributed by atoms with Gasteiger partial charge in [0.25, 0.3) is 0 Å². The predicted molar refractivity (Wildman–Crippen MR) is 130 cm³/mol. The maximum Gasteiger partial charge on any atom is -0.0623 e. The van der Waals surface area contributed by atoms with Crippen LogP contribution in [0.15, 0.2) is 171 Å². The third kappa shape index (κ3) is 22.4. The minimum atomic E-state index is 1.75. The third-order valence-electron chi connectivity index (χ3n) is 2.83. The first-order valence-corrected chi connectivity index (χ1v) is 9.15. The number of allylic oxidation sites excluding steroid dienone is 26. The van der Waals surface area contributed by atoms with E-state index in [4.69, 9.17) is 0 Å². The van der Waals surface area contributed by atoms with Crippen molar-refractivity contribution in [3.63, 3.8) is 0 Å². The molecule has 28 heavy (non-hydrogen) atoms. The molecule has 0 rings (SSSR count). The normalized spacial score (nSPS) is 14.4. The lowest BCUT2D eigenvalue weighted by Crippen LogP contribution is -1.54. The smallest absolute Gasteiger partial charge is 0.0623 e. The van der Waals surface area contributed by atoms with Gasteiger partial charge in [-0.05, 0) is 0 Å². The van der Waals surface area contributed by atoms with Gasteiger partial charge in [0.2, 0.25) is 0 Å². The molecular weight excluding hydrogens is 336 g/mol. The zero-order chi connectivity index (χ0) is 20.4. The average Bonchev–Trinajstić information content (AvgIpc) is 2.71. The molecule has 0 saturated heterocycles. The maximum atomic E-state index is 3.61. The van der Waals surface area contributed by atoms with Crippen molar-refractivity contribution < 1.29 is 0 Å². The van der Waals surface area contributed by atoms with Crippen molar-refractivity contribution in [3.8, 4) is 0 Å². The second kappa shape index (κ2) is 23.4. The van der Waals surface area contributed by atoms with E-state index in [0.717, 1.165) is 0 Å². The van der Waals surface area contributed by atoms with Gasteiger partial charge in [0.15, 0.2) is 0 Å². The molecule has 0 atom stereocenters. The number of hydrogen-bond donors (Lipinski definition) is 0. The highest BCUT2D eigenvalue weighted by Crippen LogP contribution is 1.87. The summed E-state index contributed by atoms with van der Waals surface area (Å²) in [6.07, 6.45) is 50.8. The lowest BCUT2D eigenvalue weighted by molar-refractivity contribution is 1.82. The fourth-order valence-corrected chi connectivity index (χ4v) is 1.57. The monoisotopic (exact) mass is 366 g/mol. The molecule has 0 aromatic rings. The van der Waals surface area contributed by atoms with Crippen LogP contribution in [0.4, 0.5) is 0 Å². The Kier molecular flexibility index (Phi) is 20.3. The van der Waals surface area contributed by atoms with Crippen molar-refractivity contribution in [2.45, 2.75) is 0 Å². The van der Waals surface area contributed by atoms with Gasteiger partial charge >= 0.3 is 0 Å². The summed E-state index contributed by atoms with van der Waals surface area (Å²) in [5.74, 6) is 0.